The van der Waals surface area contributed by atoms with Crippen molar-refractivity contribution in [2.45, 2.75) is 59.4 Å². The third-order valence-corrected chi connectivity index (χ3v) is 5.34. The summed E-state index contributed by atoms with van der Waals surface area (Å²) in [4.78, 5) is 0. The van der Waals surface area contributed by atoms with E-state index >= 15 is 0 Å². The summed E-state index contributed by atoms with van der Waals surface area (Å²) in [5.41, 5.74) is 10.6. The maximum absolute atomic E-state index is 6.62. The molecule has 0 aliphatic heterocycles. The van der Waals surface area contributed by atoms with Gasteiger partial charge < -0.3 is 5.73 Å². The van der Waals surface area contributed by atoms with Crippen LogP contribution in [0.15, 0.2) is 12.1 Å². The van der Waals surface area contributed by atoms with Crippen LogP contribution in [-0.4, -0.2) is 0 Å². The lowest BCUT2D eigenvalue weighted by Gasteiger charge is -2.42. The van der Waals surface area contributed by atoms with Crippen LogP contribution < -0.4 is 5.73 Å². The van der Waals surface area contributed by atoms with Crippen LogP contribution in [0.1, 0.15) is 62.3 Å². The molecule has 2 N–H and O–H groups in total. The van der Waals surface area contributed by atoms with Crippen LogP contribution in [0, 0.1) is 25.2 Å². The van der Waals surface area contributed by atoms with Crippen molar-refractivity contribution < 1.29 is 0 Å². The maximum atomic E-state index is 6.62. The third kappa shape index (κ3) is 2.98. The van der Waals surface area contributed by atoms with E-state index in [4.69, 9.17) is 17.3 Å². The zero-order valence-corrected chi connectivity index (χ0v) is 13.3. The second-order valence-electron chi connectivity index (χ2n) is 6.82. The van der Waals surface area contributed by atoms with Crippen molar-refractivity contribution in [2.75, 3.05) is 0 Å². The average Bonchev–Trinajstić information content (AvgIpc) is 2.32. The molecule has 0 radical (unpaired) electrons. The topological polar surface area (TPSA) is 26.0 Å². The number of aryl methyl sites for hydroxylation is 2. The van der Waals surface area contributed by atoms with Crippen LogP contribution in [0.3, 0.4) is 0 Å². The van der Waals surface area contributed by atoms with Crippen LogP contribution in [0.4, 0.5) is 0 Å². The fourth-order valence-electron chi connectivity index (χ4n) is 3.57. The highest BCUT2D eigenvalue weighted by atomic mass is 35.5. The first-order chi connectivity index (χ1) is 8.83. The molecule has 2 heteroatoms. The predicted octanol–water partition coefficient (Wildman–Crippen LogP) is 5.17. The number of nitrogens with two attached hydrogens (primary N) is 1. The van der Waals surface area contributed by atoms with E-state index in [1.165, 1.54) is 36.8 Å². The van der Waals surface area contributed by atoms with Crippen molar-refractivity contribution >= 4 is 11.6 Å². The molecule has 0 spiro atoms. The Bertz CT molecular complexity index is 465. The molecular formula is C17H26ClN. The molecule has 2 atom stereocenters. The minimum absolute atomic E-state index is 0.131. The van der Waals surface area contributed by atoms with Gasteiger partial charge >= 0.3 is 0 Å². The summed E-state index contributed by atoms with van der Waals surface area (Å²) in [6.07, 6.45) is 5.19. The van der Waals surface area contributed by atoms with E-state index in [1.807, 2.05) is 0 Å². The third-order valence-electron chi connectivity index (χ3n) is 4.93. The van der Waals surface area contributed by atoms with E-state index in [-0.39, 0.29) is 6.04 Å². The van der Waals surface area contributed by atoms with E-state index < -0.39 is 0 Å². The number of hydrogen-bond acceptors (Lipinski definition) is 1. The molecule has 0 aromatic heterocycles. The molecule has 0 amide bonds. The summed E-state index contributed by atoms with van der Waals surface area (Å²) in [5, 5.41) is 0.844. The second kappa shape index (κ2) is 5.46. The number of rotatable bonds is 2. The van der Waals surface area contributed by atoms with Crippen molar-refractivity contribution in [3.8, 4) is 0 Å². The fraction of sp³-hybridized carbons (Fsp3) is 0.647. The highest BCUT2D eigenvalue weighted by Crippen LogP contribution is 2.46. The predicted molar refractivity (Wildman–Crippen MR) is 83.6 cm³/mol. The van der Waals surface area contributed by atoms with E-state index in [0.717, 1.165) is 10.6 Å². The first-order valence-corrected chi connectivity index (χ1v) is 7.73. The molecule has 0 bridgehead atoms. The lowest BCUT2D eigenvalue weighted by atomic mass is 9.64. The van der Waals surface area contributed by atoms with E-state index in [2.05, 4.69) is 39.8 Å². The molecule has 1 aromatic rings. The molecule has 1 aromatic carbocycles. The smallest absolute Gasteiger partial charge is 0.0438 e. The Morgan fingerprint density at radius 2 is 1.89 bits per heavy atom. The molecule has 0 saturated heterocycles. The molecule has 1 nitrogen and oxygen atoms in total. The Morgan fingerprint density at radius 1 is 1.21 bits per heavy atom. The van der Waals surface area contributed by atoms with Gasteiger partial charge in [0.15, 0.2) is 0 Å². The summed E-state index contributed by atoms with van der Waals surface area (Å²) < 4.78 is 0. The van der Waals surface area contributed by atoms with Crippen molar-refractivity contribution in [2.24, 2.45) is 17.1 Å². The first kappa shape index (κ1) is 14.9. The standard InChI is InChI=1S/C17H26ClN/c1-11-10-15(18)12(2)9-13(11)16(19)14-7-5-6-8-17(14,3)4/h9-10,14,16H,5-8,19H2,1-4H3. The second-order valence-corrected chi connectivity index (χ2v) is 7.23. The first-order valence-electron chi connectivity index (χ1n) is 7.35. The molecule has 106 valence electrons. The zero-order valence-electron chi connectivity index (χ0n) is 12.6. The summed E-state index contributed by atoms with van der Waals surface area (Å²) >= 11 is 6.19. The Kier molecular flexibility index (Phi) is 4.27. The Balaban J connectivity index is 2.33. The lowest BCUT2D eigenvalue weighted by molar-refractivity contribution is 0.112. The van der Waals surface area contributed by atoms with Crippen LogP contribution >= 0.6 is 11.6 Å². The number of hydrogen-bond donors (Lipinski definition) is 1. The van der Waals surface area contributed by atoms with Gasteiger partial charge in [-0.15, -0.1) is 0 Å². The Hall–Kier alpha value is -0.530. The Labute approximate surface area is 122 Å². The van der Waals surface area contributed by atoms with Crippen molar-refractivity contribution in [3.05, 3.63) is 33.8 Å². The monoisotopic (exact) mass is 279 g/mol. The largest absolute Gasteiger partial charge is 0.324 e. The Morgan fingerprint density at radius 3 is 2.53 bits per heavy atom. The van der Waals surface area contributed by atoms with E-state index in [1.54, 1.807) is 0 Å². The van der Waals surface area contributed by atoms with Gasteiger partial charge in [0.1, 0.15) is 0 Å². The molecule has 19 heavy (non-hydrogen) atoms. The molecule has 1 aliphatic rings. The molecule has 0 heterocycles. The van der Waals surface area contributed by atoms with Gasteiger partial charge in [-0.05, 0) is 60.8 Å². The van der Waals surface area contributed by atoms with Gasteiger partial charge in [0.2, 0.25) is 0 Å². The van der Waals surface area contributed by atoms with Crippen molar-refractivity contribution in [1.82, 2.24) is 0 Å². The van der Waals surface area contributed by atoms with Gasteiger partial charge in [0, 0.05) is 11.1 Å². The minimum Gasteiger partial charge on any atom is -0.324 e. The summed E-state index contributed by atoms with van der Waals surface area (Å²) in [6, 6.07) is 4.38. The van der Waals surface area contributed by atoms with Crippen molar-refractivity contribution in [1.29, 1.82) is 0 Å². The van der Waals surface area contributed by atoms with E-state index in [0.29, 0.717) is 11.3 Å². The average molecular weight is 280 g/mol. The molecule has 2 unspecified atom stereocenters. The molecule has 1 fully saturated rings. The highest BCUT2D eigenvalue weighted by molar-refractivity contribution is 6.31. The zero-order chi connectivity index (χ0) is 14.2. The van der Waals surface area contributed by atoms with Gasteiger partial charge in [-0.3, -0.25) is 0 Å². The van der Waals surface area contributed by atoms with Gasteiger partial charge in [0.05, 0.1) is 0 Å². The minimum atomic E-state index is 0.131. The van der Waals surface area contributed by atoms with Crippen LogP contribution in [-0.2, 0) is 0 Å². The molecule has 1 saturated carbocycles. The van der Waals surface area contributed by atoms with Crippen LogP contribution in [0.25, 0.3) is 0 Å². The quantitative estimate of drug-likeness (QED) is 0.794. The molecule has 1 aliphatic carbocycles. The van der Waals surface area contributed by atoms with Crippen LogP contribution in [0.5, 0.6) is 0 Å². The SMILES string of the molecule is Cc1cc(C(N)C2CCCCC2(C)C)c(C)cc1Cl. The molecule has 2 rings (SSSR count). The lowest BCUT2D eigenvalue weighted by Crippen LogP contribution is -2.36. The number of benzene rings is 1. The van der Waals surface area contributed by atoms with Crippen molar-refractivity contribution in [3.63, 3.8) is 0 Å². The normalized spacial score (nSPS) is 24.2. The van der Waals surface area contributed by atoms with Gasteiger partial charge in [0.25, 0.3) is 0 Å². The maximum Gasteiger partial charge on any atom is 0.0438 e. The summed E-state index contributed by atoms with van der Waals surface area (Å²) in [7, 11) is 0. The molecular weight excluding hydrogens is 254 g/mol. The van der Waals surface area contributed by atoms with Gasteiger partial charge in [-0.1, -0.05) is 44.4 Å². The van der Waals surface area contributed by atoms with Gasteiger partial charge in [-0.2, -0.15) is 0 Å². The summed E-state index contributed by atoms with van der Waals surface area (Å²) in [6.45, 7) is 8.92. The van der Waals surface area contributed by atoms with Gasteiger partial charge in [-0.25, -0.2) is 0 Å². The fourth-order valence-corrected chi connectivity index (χ4v) is 3.78. The summed E-state index contributed by atoms with van der Waals surface area (Å²) in [5.74, 6) is 0.570. The van der Waals surface area contributed by atoms with E-state index in [9.17, 15) is 0 Å². The van der Waals surface area contributed by atoms with Crippen LogP contribution in [0.2, 0.25) is 5.02 Å². The highest BCUT2D eigenvalue weighted by Gasteiger charge is 2.37. The number of halogens is 1.